The normalized spacial score (nSPS) is 37.2. The van der Waals surface area contributed by atoms with E-state index < -0.39 is 0 Å². The highest BCUT2D eigenvalue weighted by Gasteiger charge is 2.27. The molecule has 0 aromatic rings. The van der Waals surface area contributed by atoms with Crippen LogP contribution in [0.15, 0.2) is 0 Å². The van der Waals surface area contributed by atoms with E-state index in [0.717, 1.165) is 19.5 Å². The molecular weight excluding hydrogens is 190 g/mol. The number of hydrogen-bond acceptors (Lipinski definition) is 3. The summed E-state index contributed by atoms with van der Waals surface area (Å²) in [6.45, 7) is 4.32. The number of nitrogens with zero attached hydrogens (tertiary/aromatic N) is 1. The summed E-state index contributed by atoms with van der Waals surface area (Å²) >= 11 is 0. The van der Waals surface area contributed by atoms with Gasteiger partial charge in [0.25, 0.3) is 0 Å². The highest BCUT2D eigenvalue weighted by Crippen LogP contribution is 2.15. The van der Waals surface area contributed by atoms with Gasteiger partial charge in [-0.15, -0.1) is 0 Å². The highest BCUT2D eigenvalue weighted by molar-refractivity contribution is 5.78. The summed E-state index contributed by atoms with van der Waals surface area (Å²) in [6.07, 6.45) is 2.91. The van der Waals surface area contributed by atoms with Gasteiger partial charge >= 0.3 is 0 Å². The molecule has 3 unspecified atom stereocenters. The SMILES string of the molecule is CC1CC(NCC2CCC(=O)N2)CN1C. The topological polar surface area (TPSA) is 44.4 Å². The highest BCUT2D eigenvalue weighted by atomic mass is 16.1. The average molecular weight is 211 g/mol. The van der Waals surface area contributed by atoms with Crippen molar-refractivity contribution in [2.45, 2.75) is 44.3 Å². The number of hydrogen-bond donors (Lipinski definition) is 2. The van der Waals surface area contributed by atoms with Crippen LogP contribution in [-0.4, -0.2) is 49.1 Å². The van der Waals surface area contributed by atoms with Gasteiger partial charge in [-0.2, -0.15) is 0 Å². The molecule has 3 atom stereocenters. The maximum absolute atomic E-state index is 11.0. The fourth-order valence-electron chi connectivity index (χ4n) is 2.48. The van der Waals surface area contributed by atoms with Crippen LogP contribution >= 0.6 is 0 Å². The molecular formula is C11H21N3O. The molecule has 2 saturated heterocycles. The second-order valence-corrected chi connectivity index (χ2v) is 4.93. The Balaban J connectivity index is 1.68. The van der Waals surface area contributed by atoms with E-state index in [0.29, 0.717) is 24.5 Å². The maximum atomic E-state index is 11.0. The van der Waals surface area contributed by atoms with Gasteiger partial charge in [0.2, 0.25) is 5.91 Å². The molecule has 0 spiro atoms. The molecule has 2 aliphatic heterocycles. The molecule has 2 N–H and O–H groups in total. The van der Waals surface area contributed by atoms with E-state index in [1.54, 1.807) is 0 Å². The number of likely N-dealkylation sites (N-methyl/N-ethyl adjacent to an activating group) is 1. The average Bonchev–Trinajstić information content (AvgIpc) is 2.72. The van der Waals surface area contributed by atoms with E-state index in [-0.39, 0.29) is 5.91 Å². The van der Waals surface area contributed by atoms with Crippen LogP contribution in [0.4, 0.5) is 0 Å². The number of carbonyl (C=O) groups is 1. The Morgan fingerprint density at radius 2 is 2.40 bits per heavy atom. The third-order valence-corrected chi connectivity index (χ3v) is 3.62. The van der Waals surface area contributed by atoms with Gasteiger partial charge in [0, 0.05) is 37.6 Å². The zero-order valence-corrected chi connectivity index (χ0v) is 9.62. The lowest BCUT2D eigenvalue weighted by Gasteiger charge is -2.16. The van der Waals surface area contributed by atoms with E-state index >= 15 is 0 Å². The number of nitrogens with one attached hydrogen (secondary N) is 2. The lowest BCUT2D eigenvalue weighted by Crippen LogP contribution is -2.41. The van der Waals surface area contributed by atoms with Crippen molar-refractivity contribution >= 4 is 5.91 Å². The number of carbonyl (C=O) groups excluding carboxylic acids is 1. The van der Waals surface area contributed by atoms with E-state index in [2.05, 4.69) is 29.5 Å². The van der Waals surface area contributed by atoms with E-state index in [1.165, 1.54) is 6.42 Å². The molecule has 4 nitrogen and oxygen atoms in total. The Labute approximate surface area is 91.4 Å². The van der Waals surface area contributed by atoms with Gasteiger partial charge in [-0.1, -0.05) is 0 Å². The molecule has 2 rings (SSSR count). The van der Waals surface area contributed by atoms with Crippen molar-refractivity contribution in [1.29, 1.82) is 0 Å². The summed E-state index contributed by atoms with van der Waals surface area (Å²) in [5.41, 5.74) is 0. The Morgan fingerprint density at radius 1 is 1.60 bits per heavy atom. The van der Waals surface area contributed by atoms with Gasteiger partial charge in [-0.05, 0) is 26.8 Å². The minimum atomic E-state index is 0.207. The monoisotopic (exact) mass is 211 g/mol. The number of likely N-dealkylation sites (tertiary alicyclic amines) is 1. The molecule has 2 aliphatic rings. The van der Waals surface area contributed by atoms with Crippen molar-refractivity contribution < 1.29 is 4.79 Å². The quantitative estimate of drug-likeness (QED) is 0.688. The molecule has 0 saturated carbocycles. The van der Waals surface area contributed by atoms with Crippen molar-refractivity contribution in [3.8, 4) is 0 Å². The van der Waals surface area contributed by atoms with Crippen molar-refractivity contribution in [2.24, 2.45) is 0 Å². The lowest BCUT2D eigenvalue weighted by atomic mass is 10.1. The third kappa shape index (κ3) is 2.69. The number of amides is 1. The minimum Gasteiger partial charge on any atom is -0.352 e. The molecule has 1 amide bonds. The summed E-state index contributed by atoms with van der Waals surface area (Å²) in [7, 11) is 2.17. The van der Waals surface area contributed by atoms with Gasteiger partial charge in [0.05, 0.1) is 0 Å². The maximum Gasteiger partial charge on any atom is 0.220 e. The van der Waals surface area contributed by atoms with Crippen LogP contribution in [0.5, 0.6) is 0 Å². The summed E-state index contributed by atoms with van der Waals surface area (Å²) in [6, 6.07) is 1.64. The fourth-order valence-corrected chi connectivity index (χ4v) is 2.48. The Morgan fingerprint density at radius 3 is 2.93 bits per heavy atom. The van der Waals surface area contributed by atoms with Crippen LogP contribution < -0.4 is 10.6 Å². The largest absolute Gasteiger partial charge is 0.352 e. The van der Waals surface area contributed by atoms with E-state index in [9.17, 15) is 4.79 Å². The predicted octanol–water partition coefficient (Wildman–Crippen LogP) is -0.0528. The molecule has 4 heteroatoms. The Kier molecular flexibility index (Phi) is 3.26. The molecule has 15 heavy (non-hydrogen) atoms. The van der Waals surface area contributed by atoms with Gasteiger partial charge in [0.15, 0.2) is 0 Å². The van der Waals surface area contributed by atoms with Crippen molar-refractivity contribution in [3.63, 3.8) is 0 Å². The molecule has 2 heterocycles. The zero-order valence-electron chi connectivity index (χ0n) is 9.62. The first-order valence-corrected chi connectivity index (χ1v) is 5.88. The minimum absolute atomic E-state index is 0.207. The van der Waals surface area contributed by atoms with Crippen LogP contribution in [0.3, 0.4) is 0 Å². The Bertz CT molecular complexity index is 234. The van der Waals surface area contributed by atoms with Crippen molar-refractivity contribution in [1.82, 2.24) is 15.5 Å². The predicted molar refractivity (Wildman–Crippen MR) is 59.7 cm³/mol. The van der Waals surface area contributed by atoms with Crippen LogP contribution in [0.1, 0.15) is 26.2 Å². The van der Waals surface area contributed by atoms with Gasteiger partial charge in [-0.3, -0.25) is 4.79 Å². The molecule has 0 radical (unpaired) electrons. The molecule has 0 bridgehead atoms. The summed E-state index contributed by atoms with van der Waals surface area (Å²) in [5.74, 6) is 0.207. The first-order valence-electron chi connectivity index (χ1n) is 5.88. The third-order valence-electron chi connectivity index (χ3n) is 3.62. The molecule has 2 fully saturated rings. The fraction of sp³-hybridized carbons (Fsp3) is 0.909. The molecule has 0 aromatic heterocycles. The zero-order chi connectivity index (χ0) is 10.8. The molecule has 0 aromatic carbocycles. The summed E-state index contributed by atoms with van der Waals surface area (Å²) < 4.78 is 0. The first kappa shape index (κ1) is 10.9. The van der Waals surface area contributed by atoms with Gasteiger partial charge in [-0.25, -0.2) is 0 Å². The van der Waals surface area contributed by atoms with Crippen molar-refractivity contribution in [2.75, 3.05) is 20.1 Å². The van der Waals surface area contributed by atoms with Gasteiger partial charge in [0.1, 0.15) is 0 Å². The van der Waals surface area contributed by atoms with Crippen LogP contribution in [-0.2, 0) is 4.79 Å². The summed E-state index contributed by atoms with van der Waals surface area (Å²) in [5, 5.41) is 6.53. The second kappa shape index (κ2) is 4.49. The molecule has 0 aliphatic carbocycles. The van der Waals surface area contributed by atoms with Crippen LogP contribution in [0, 0.1) is 0 Å². The van der Waals surface area contributed by atoms with Crippen LogP contribution in [0.25, 0.3) is 0 Å². The van der Waals surface area contributed by atoms with Gasteiger partial charge < -0.3 is 15.5 Å². The van der Waals surface area contributed by atoms with Crippen molar-refractivity contribution in [3.05, 3.63) is 0 Å². The Hall–Kier alpha value is -0.610. The second-order valence-electron chi connectivity index (χ2n) is 4.93. The van der Waals surface area contributed by atoms with E-state index in [4.69, 9.17) is 0 Å². The molecule has 86 valence electrons. The van der Waals surface area contributed by atoms with Crippen LogP contribution in [0.2, 0.25) is 0 Å². The number of rotatable bonds is 3. The lowest BCUT2D eigenvalue weighted by molar-refractivity contribution is -0.119. The summed E-state index contributed by atoms with van der Waals surface area (Å²) in [4.78, 5) is 13.4. The smallest absolute Gasteiger partial charge is 0.220 e. The van der Waals surface area contributed by atoms with E-state index in [1.807, 2.05) is 0 Å². The first-order chi connectivity index (χ1) is 7.15. The standard InChI is InChI=1S/C11H21N3O/c1-8-5-10(7-14(8)2)12-6-9-3-4-11(15)13-9/h8-10,12H,3-7H2,1-2H3,(H,13,15).